The molecule has 0 saturated heterocycles. The highest BCUT2D eigenvalue weighted by molar-refractivity contribution is 5.19. The summed E-state index contributed by atoms with van der Waals surface area (Å²) in [5.74, 6) is -0.185. The van der Waals surface area contributed by atoms with Gasteiger partial charge in [0.15, 0.2) is 0 Å². The first-order valence-electron chi connectivity index (χ1n) is 6.80. The number of halogens is 1. The number of hydrogen-bond acceptors (Lipinski definition) is 2. The lowest BCUT2D eigenvalue weighted by molar-refractivity contribution is 0.128. The summed E-state index contributed by atoms with van der Waals surface area (Å²) in [4.78, 5) is 0. The summed E-state index contributed by atoms with van der Waals surface area (Å²) in [7, 11) is 0. The molecule has 0 aliphatic heterocycles. The van der Waals surface area contributed by atoms with Crippen LogP contribution >= 0.6 is 0 Å². The maximum atomic E-state index is 12.8. The van der Waals surface area contributed by atoms with Gasteiger partial charge in [-0.25, -0.2) is 4.39 Å². The quantitative estimate of drug-likeness (QED) is 0.678. The molecule has 1 aromatic carbocycles. The largest absolute Gasteiger partial charge is 0.381 e. The molecule has 0 heterocycles. The molecule has 2 nitrogen and oxygen atoms in total. The number of rotatable bonds is 9. The second-order valence-electron chi connectivity index (χ2n) is 4.55. The highest BCUT2D eigenvalue weighted by atomic mass is 19.1. The zero-order valence-electron chi connectivity index (χ0n) is 11.4. The molecule has 0 saturated carbocycles. The summed E-state index contributed by atoms with van der Waals surface area (Å²) < 4.78 is 18.3. The molecule has 0 bridgehead atoms. The molecule has 1 rings (SSSR count). The van der Waals surface area contributed by atoms with Crippen LogP contribution in [0, 0.1) is 5.82 Å². The summed E-state index contributed by atoms with van der Waals surface area (Å²) in [6.07, 6.45) is 3.33. The van der Waals surface area contributed by atoms with Crippen molar-refractivity contribution in [3.05, 3.63) is 35.6 Å². The number of benzene rings is 1. The van der Waals surface area contributed by atoms with Crippen LogP contribution in [0.1, 0.15) is 44.7 Å². The van der Waals surface area contributed by atoms with E-state index in [1.165, 1.54) is 18.6 Å². The van der Waals surface area contributed by atoms with Crippen molar-refractivity contribution in [3.63, 3.8) is 0 Å². The fourth-order valence-electron chi connectivity index (χ4n) is 1.71. The summed E-state index contributed by atoms with van der Waals surface area (Å²) in [5, 5.41) is 3.41. The molecule has 0 spiro atoms. The van der Waals surface area contributed by atoms with Gasteiger partial charge >= 0.3 is 0 Å². The zero-order chi connectivity index (χ0) is 13.2. The topological polar surface area (TPSA) is 21.3 Å². The Bertz CT molecular complexity index is 313. The van der Waals surface area contributed by atoms with E-state index in [0.29, 0.717) is 0 Å². The van der Waals surface area contributed by atoms with E-state index in [9.17, 15) is 4.39 Å². The van der Waals surface area contributed by atoms with Gasteiger partial charge in [0, 0.05) is 19.3 Å². The summed E-state index contributed by atoms with van der Waals surface area (Å²) >= 11 is 0. The highest BCUT2D eigenvalue weighted by Crippen LogP contribution is 2.12. The fraction of sp³-hybridized carbons (Fsp3) is 0.600. The maximum absolute atomic E-state index is 12.8. The molecule has 18 heavy (non-hydrogen) atoms. The van der Waals surface area contributed by atoms with Gasteiger partial charge in [0.1, 0.15) is 5.82 Å². The minimum Gasteiger partial charge on any atom is -0.381 e. The highest BCUT2D eigenvalue weighted by Gasteiger charge is 2.03. The van der Waals surface area contributed by atoms with Gasteiger partial charge in [-0.1, -0.05) is 25.5 Å². The van der Waals surface area contributed by atoms with E-state index in [1.807, 2.05) is 12.1 Å². The normalized spacial score (nSPS) is 12.6. The Kier molecular flexibility index (Phi) is 7.62. The summed E-state index contributed by atoms with van der Waals surface area (Å²) in [6.45, 7) is 6.85. The van der Waals surface area contributed by atoms with Gasteiger partial charge in [-0.15, -0.1) is 0 Å². The van der Waals surface area contributed by atoms with Gasteiger partial charge in [0.05, 0.1) is 0 Å². The van der Waals surface area contributed by atoms with E-state index in [4.69, 9.17) is 4.74 Å². The Hall–Kier alpha value is -0.930. The van der Waals surface area contributed by atoms with E-state index in [2.05, 4.69) is 19.2 Å². The van der Waals surface area contributed by atoms with E-state index in [-0.39, 0.29) is 11.9 Å². The molecule has 0 aliphatic carbocycles. The molecule has 0 aliphatic rings. The number of nitrogens with one attached hydrogen (secondary N) is 1. The average molecular weight is 253 g/mol. The Morgan fingerprint density at radius 2 is 1.83 bits per heavy atom. The van der Waals surface area contributed by atoms with Crippen molar-refractivity contribution >= 4 is 0 Å². The Labute approximate surface area is 110 Å². The van der Waals surface area contributed by atoms with E-state index in [0.717, 1.165) is 38.2 Å². The third-order valence-corrected chi connectivity index (χ3v) is 2.93. The Balaban J connectivity index is 2.10. The third kappa shape index (κ3) is 6.12. The van der Waals surface area contributed by atoms with Crippen LogP contribution in [0.3, 0.4) is 0 Å². The van der Waals surface area contributed by atoms with Crippen LogP contribution in [-0.2, 0) is 4.74 Å². The smallest absolute Gasteiger partial charge is 0.123 e. The van der Waals surface area contributed by atoms with Crippen molar-refractivity contribution in [2.45, 2.75) is 39.2 Å². The molecule has 1 atom stereocenters. The molecule has 1 aromatic rings. The lowest BCUT2D eigenvalue weighted by Crippen LogP contribution is -2.21. The first-order valence-corrected chi connectivity index (χ1v) is 6.80. The molecule has 3 heteroatoms. The van der Waals surface area contributed by atoms with Crippen LogP contribution in [-0.4, -0.2) is 19.8 Å². The van der Waals surface area contributed by atoms with Crippen LogP contribution in [0.15, 0.2) is 24.3 Å². The van der Waals surface area contributed by atoms with Crippen LogP contribution in [0.4, 0.5) is 4.39 Å². The van der Waals surface area contributed by atoms with Crippen molar-refractivity contribution in [1.29, 1.82) is 0 Å². The predicted octanol–water partition coefficient (Wildman–Crippen LogP) is 3.68. The molecule has 102 valence electrons. The molecular formula is C15H24FNO. The monoisotopic (exact) mass is 253 g/mol. The van der Waals surface area contributed by atoms with Gasteiger partial charge in [0.25, 0.3) is 0 Å². The van der Waals surface area contributed by atoms with Crippen molar-refractivity contribution in [1.82, 2.24) is 5.32 Å². The number of hydrogen-bond donors (Lipinski definition) is 1. The predicted molar refractivity (Wildman–Crippen MR) is 73.2 cm³/mol. The lowest BCUT2D eigenvalue weighted by atomic mass is 10.1. The summed E-state index contributed by atoms with van der Waals surface area (Å²) in [5.41, 5.74) is 1.11. The first kappa shape index (κ1) is 15.1. The minimum absolute atomic E-state index is 0.185. The average Bonchev–Trinajstić information content (AvgIpc) is 2.38. The van der Waals surface area contributed by atoms with Crippen LogP contribution < -0.4 is 5.32 Å². The first-order chi connectivity index (χ1) is 8.74. The Morgan fingerprint density at radius 3 is 2.50 bits per heavy atom. The van der Waals surface area contributed by atoms with Gasteiger partial charge in [0.2, 0.25) is 0 Å². The second kappa shape index (κ2) is 9.06. The van der Waals surface area contributed by atoms with Crippen molar-refractivity contribution < 1.29 is 9.13 Å². The SMILES string of the molecule is CCCCOCCCNC(C)c1ccc(F)cc1. The molecule has 1 unspecified atom stereocenters. The molecule has 0 amide bonds. The van der Waals surface area contributed by atoms with Crippen molar-refractivity contribution in [2.75, 3.05) is 19.8 Å². The zero-order valence-corrected chi connectivity index (χ0v) is 11.4. The summed E-state index contributed by atoms with van der Waals surface area (Å²) in [6, 6.07) is 6.90. The lowest BCUT2D eigenvalue weighted by Gasteiger charge is -2.14. The van der Waals surface area contributed by atoms with Crippen LogP contribution in [0.25, 0.3) is 0 Å². The second-order valence-corrected chi connectivity index (χ2v) is 4.55. The molecule has 0 fully saturated rings. The molecule has 1 N–H and O–H groups in total. The van der Waals surface area contributed by atoms with E-state index < -0.39 is 0 Å². The van der Waals surface area contributed by atoms with Gasteiger partial charge in [-0.3, -0.25) is 0 Å². The van der Waals surface area contributed by atoms with Gasteiger partial charge in [-0.05, 0) is 44.0 Å². The minimum atomic E-state index is -0.185. The molecule has 0 aromatic heterocycles. The maximum Gasteiger partial charge on any atom is 0.123 e. The molecular weight excluding hydrogens is 229 g/mol. The number of ether oxygens (including phenoxy) is 1. The van der Waals surface area contributed by atoms with E-state index in [1.54, 1.807) is 0 Å². The standard InChI is InChI=1S/C15H24FNO/c1-3-4-11-18-12-5-10-17-13(2)14-6-8-15(16)9-7-14/h6-9,13,17H,3-5,10-12H2,1-2H3. The van der Waals surface area contributed by atoms with Gasteiger partial charge < -0.3 is 10.1 Å². The van der Waals surface area contributed by atoms with E-state index >= 15 is 0 Å². The Morgan fingerprint density at radius 1 is 1.17 bits per heavy atom. The van der Waals surface area contributed by atoms with Crippen molar-refractivity contribution in [2.24, 2.45) is 0 Å². The molecule has 0 radical (unpaired) electrons. The van der Waals surface area contributed by atoms with Crippen LogP contribution in [0.2, 0.25) is 0 Å². The van der Waals surface area contributed by atoms with Crippen molar-refractivity contribution in [3.8, 4) is 0 Å². The number of unbranched alkanes of at least 4 members (excludes halogenated alkanes) is 1. The third-order valence-electron chi connectivity index (χ3n) is 2.93. The van der Waals surface area contributed by atoms with Gasteiger partial charge in [-0.2, -0.15) is 0 Å². The van der Waals surface area contributed by atoms with Crippen LogP contribution in [0.5, 0.6) is 0 Å². The fourth-order valence-corrected chi connectivity index (χ4v) is 1.71.